The molecule has 3 N–H and O–H groups in total. The zero-order valence-electron chi connectivity index (χ0n) is 16.0. The van der Waals surface area contributed by atoms with Gasteiger partial charge in [0.1, 0.15) is 6.33 Å². The van der Waals surface area contributed by atoms with E-state index in [2.05, 4.69) is 25.6 Å². The molecule has 150 valence electrons. The maximum atomic E-state index is 10.9. The number of hydrogen-bond donors (Lipinski definition) is 3. The van der Waals surface area contributed by atoms with Crippen LogP contribution in [-0.4, -0.2) is 47.4 Å². The number of benzene rings is 2. The molecule has 0 amide bonds. The molecule has 1 aromatic heterocycles. The lowest BCUT2D eigenvalue weighted by Crippen LogP contribution is -2.04. The van der Waals surface area contributed by atoms with E-state index in [4.69, 9.17) is 19.3 Å². The molecule has 3 rings (SSSR count). The summed E-state index contributed by atoms with van der Waals surface area (Å²) in [5, 5.41) is 15.0. The SMILES string of the molecule is COc1cc(Nc2ncnc(Nc3ccc(C(=O)O)cc3)n2)cc(OC)c1OC. The topological polar surface area (TPSA) is 128 Å². The Morgan fingerprint density at radius 3 is 1.90 bits per heavy atom. The third kappa shape index (κ3) is 4.61. The Hall–Kier alpha value is -4.08. The number of nitrogens with one attached hydrogen (secondary N) is 2. The molecule has 0 fully saturated rings. The molecular weight excluding hydrogens is 378 g/mol. The molecule has 0 bridgehead atoms. The van der Waals surface area contributed by atoms with Gasteiger partial charge in [-0.3, -0.25) is 0 Å². The van der Waals surface area contributed by atoms with Gasteiger partial charge in [0.2, 0.25) is 17.6 Å². The minimum Gasteiger partial charge on any atom is -0.493 e. The van der Waals surface area contributed by atoms with E-state index in [1.165, 1.54) is 39.8 Å². The molecule has 0 atom stereocenters. The molecule has 3 aromatic rings. The number of ether oxygens (including phenoxy) is 3. The predicted octanol–water partition coefficient (Wildman–Crippen LogP) is 3.08. The molecular formula is C19H19N5O5. The van der Waals surface area contributed by atoms with Crippen LogP contribution in [0.3, 0.4) is 0 Å². The van der Waals surface area contributed by atoms with Crippen LogP contribution in [-0.2, 0) is 0 Å². The maximum Gasteiger partial charge on any atom is 0.335 e. The molecule has 0 saturated heterocycles. The van der Waals surface area contributed by atoms with Crippen LogP contribution in [0.5, 0.6) is 17.2 Å². The number of methoxy groups -OCH3 is 3. The van der Waals surface area contributed by atoms with E-state index in [1.54, 1.807) is 24.3 Å². The van der Waals surface area contributed by atoms with Crippen molar-refractivity contribution in [2.75, 3.05) is 32.0 Å². The number of carboxylic acids is 1. The summed E-state index contributed by atoms with van der Waals surface area (Å²) >= 11 is 0. The van der Waals surface area contributed by atoms with Crippen molar-refractivity contribution >= 4 is 29.2 Å². The van der Waals surface area contributed by atoms with Crippen molar-refractivity contribution in [2.24, 2.45) is 0 Å². The Balaban J connectivity index is 1.80. The summed E-state index contributed by atoms with van der Waals surface area (Å²) in [7, 11) is 4.59. The molecule has 0 aliphatic rings. The van der Waals surface area contributed by atoms with Crippen LogP contribution in [0.25, 0.3) is 0 Å². The number of hydrogen-bond acceptors (Lipinski definition) is 9. The highest BCUT2D eigenvalue weighted by Gasteiger charge is 2.14. The first-order valence-electron chi connectivity index (χ1n) is 8.40. The smallest absolute Gasteiger partial charge is 0.335 e. The summed E-state index contributed by atoms with van der Waals surface area (Å²) in [6.07, 6.45) is 1.35. The molecule has 29 heavy (non-hydrogen) atoms. The minimum atomic E-state index is -0.992. The zero-order chi connectivity index (χ0) is 20.8. The van der Waals surface area contributed by atoms with E-state index in [1.807, 2.05) is 0 Å². The minimum absolute atomic E-state index is 0.191. The predicted molar refractivity (Wildman–Crippen MR) is 106 cm³/mol. The molecule has 0 aliphatic carbocycles. The molecule has 0 radical (unpaired) electrons. The average Bonchev–Trinajstić information content (AvgIpc) is 2.73. The van der Waals surface area contributed by atoms with E-state index >= 15 is 0 Å². The highest BCUT2D eigenvalue weighted by atomic mass is 16.5. The Morgan fingerprint density at radius 1 is 0.862 bits per heavy atom. The van der Waals surface area contributed by atoms with Gasteiger partial charge in [-0.25, -0.2) is 14.8 Å². The number of aromatic nitrogens is 3. The first-order chi connectivity index (χ1) is 14.0. The second-order valence-corrected chi connectivity index (χ2v) is 5.68. The van der Waals surface area contributed by atoms with E-state index in [9.17, 15) is 4.79 Å². The molecule has 0 unspecified atom stereocenters. The number of carbonyl (C=O) groups is 1. The summed E-state index contributed by atoms with van der Waals surface area (Å²) in [6, 6.07) is 9.67. The standard InChI is InChI=1S/C19H19N5O5/c1-27-14-8-13(9-15(28-2)16(14)29-3)23-19-21-10-20-18(24-19)22-12-6-4-11(5-7-12)17(25)26/h4-10H,1-3H3,(H,25,26)(H2,20,21,22,23,24). The van der Waals surface area contributed by atoms with Crippen molar-refractivity contribution in [2.45, 2.75) is 0 Å². The number of rotatable bonds is 8. The average molecular weight is 397 g/mol. The van der Waals surface area contributed by atoms with Crippen molar-refractivity contribution < 1.29 is 24.1 Å². The van der Waals surface area contributed by atoms with Crippen LogP contribution in [0.2, 0.25) is 0 Å². The Bertz CT molecular complexity index is 985. The maximum absolute atomic E-state index is 10.9. The van der Waals surface area contributed by atoms with Gasteiger partial charge in [0, 0.05) is 23.5 Å². The quantitative estimate of drug-likeness (QED) is 0.521. The fourth-order valence-electron chi connectivity index (χ4n) is 2.52. The summed E-state index contributed by atoms with van der Waals surface area (Å²) in [4.78, 5) is 23.4. The summed E-state index contributed by atoms with van der Waals surface area (Å²) in [5.74, 6) is 1.04. The molecule has 2 aromatic carbocycles. The normalized spacial score (nSPS) is 10.2. The van der Waals surface area contributed by atoms with Crippen LogP contribution in [0.1, 0.15) is 10.4 Å². The molecule has 10 nitrogen and oxygen atoms in total. The lowest BCUT2D eigenvalue weighted by molar-refractivity contribution is 0.0697. The molecule has 0 spiro atoms. The van der Waals surface area contributed by atoms with E-state index < -0.39 is 5.97 Å². The Kier molecular flexibility index (Phi) is 5.93. The van der Waals surface area contributed by atoms with Crippen molar-refractivity contribution in [1.29, 1.82) is 0 Å². The van der Waals surface area contributed by atoms with Crippen molar-refractivity contribution in [3.05, 3.63) is 48.3 Å². The van der Waals surface area contributed by atoms with Gasteiger partial charge in [-0.15, -0.1) is 0 Å². The van der Waals surface area contributed by atoms with Gasteiger partial charge in [-0.2, -0.15) is 4.98 Å². The van der Waals surface area contributed by atoms with E-state index in [0.717, 1.165) is 0 Å². The van der Waals surface area contributed by atoms with Crippen molar-refractivity contribution in [3.63, 3.8) is 0 Å². The molecule has 0 saturated carbocycles. The molecule has 10 heteroatoms. The third-order valence-corrected chi connectivity index (χ3v) is 3.88. The van der Waals surface area contributed by atoms with Gasteiger partial charge in [-0.1, -0.05) is 0 Å². The Labute approximate surface area is 166 Å². The highest BCUT2D eigenvalue weighted by molar-refractivity contribution is 5.88. The molecule has 0 aliphatic heterocycles. The highest BCUT2D eigenvalue weighted by Crippen LogP contribution is 2.40. The monoisotopic (exact) mass is 397 g/mol. The molecule has 1 heterocycles. The van der Waals surface area contributed by atoms with Crippen LogP contribution in [0, 0.1) is 0 Å². The number of carboxylic acid groups (broad SMARTS) is 1. The Morgan fingerprint density at radius 2 is 1.41 bits per heavy atom. The lowest BCUT2D eigenvalue weighted by Gasteiger charge is -2.14. The lowest BCUT2D eigenvalue weighted by atomic mass is 10.2. The number of anilines is 4. The second kappa shape index (κ2) is 8.74. The van der Waals surface area contributed by atoms with E-state index in [-0.39, 0.29) is 11.5 Å². The zero-order valence-corrected chi connectivity index (χ0v) is 16.0. The third-order valence-electron chi connectivity index (χ3n) is 3.88. The summed E-state index contributed by atoms with van der Waals surface area (Å²) < 4.78 is 16.0. The fraction of sp³-hybridized carbons (Fsp3) is 0.158. The number of nitrogens with zero attached hydrogens (tertiary/aromatic N) is 3. The summed E-state index contributed by atoms with van der Waals surface area (Å²) in [6.45, 7) is 0. The second-order valence-electron chi connectivity index (χ2n) is 5.68. The number of aromatic carboxylic acids is 1. The summed E-state index contributed by atoms with van der Waals surface area (Å²) in [5.41, 5.74) is 1.46. The van der Waals surface area contributed by atoms with Gasteiger partial charge < -0.3 is 30.0 Å². The van der Waals surface area contributed by atoms with Crippen molar-refractivity contribution in [3.8, 4) is 17.2 Å². The van der Waals surface area contributed by atoms with Crippen LogP contribution in [0.4, 0.5) is 23.3 Å². The van der Waals surface area contributed by atoms with Crippen LogP contribution >= 0.6 is 0 Å². The van der Waals surface area contributed by atoms with Gasteiger partial charge in [0.15, 0.2) is 11.5 Å². The first-order valence-corrected chi connectivity index (χ1v) is 8.40. The van der Waals surface area contributed by atoms with Gasteiger partial charge in [0.25, 0.3) is 0 Å². The van der Waals surface area contributed by atoms with Gasteiger partial charge in [0.05, 0.1) is 26.9 Å². The van der Waals surface area contributed by atoms with Gasteiger partial charge in [-0.05, 0) is 24.3 Å². The largest absolute Gasteiger partial charge is 0.493 e. The van der Waals surface area contributed by atoms with E-state index in [0.29, 0.717) is 34.6 Å². The van der Waals surface area contributed by atoms with Crippen LogP contribution < -0.4 is 24.8 Å². The van der Waals surface area contributed by atoms with Crippen LogP contribution in [0.15, 0.2) is 42.7 Å². The fourth-order valence-corrected chi connectivity index (χ4v) is 2.52. The van der Waals surface area contributed by atoms with Crippen molar-refractivity contribution in [1.82, 2.24) is 15.0 Å². The first kappa shape index (κ1) is 19.7. The van der Waals surface area contributed by atoms with Gasteiger partial charge >= 0.3 is 5.97 Å².